The molecule has 0 saturated carbocycles. The van der Waals surface area contributed by atoms with Gasteiger partial charge in [-0.2, -0.15) is 0 Å². The molecule has 0 aliphatic carbocycles. The van der Waals surface area contributed by atoms with E-state index in [0.29, 0.717) is 5.91 Å². The van der Waals surface area contributed by atoms with Crippen LogP contribution in [0.15, 0.2) is 0 Å². The van der Waals surface area contributed by atoms with Crippen molar-refractivity contribution in [3.8, 4) is 0 Å². The molecule has 0 aromatic heterocycles. The van der Waals surface area contributed by atoms with Crippen molar-refractivity contribution in [3.05, 3.63) is 0 Å². The van der Waals surface area contributed by atoms with Crippen LogP contribution in [0.25, 0.3) is 0 Å². The van der Waals surface area contributed by atoms with Crippen LogP contribution >= 0.6 is 0 Å². The predicted molar refractivity (Wildman–Crippen MR) is 258 cm³/mol. The molecule has 0 spiro atoms. The van der Waals surface area contributed by atoms with Gasteiger partial charge in [0.2, 0.25) is 5.91 Å². The maximum absolute atomic E-state index is 13.2. The van der Waals surface area contributed by atoms with Crippen LogP contribution in [0, 0.1) is 0 Å². The number of ether oxygens (including phenoxy) is 1. The Hall–Kier alpha value is -1.30. The molecule has 6 nitrogen and oxygen atoms in total. The van der Waals surface area contributed by atoms with E-state index < -0.39 is 6.16 Å². The summed E-state index contributed by atoms with van der Waals surface area (Å²) in [6, 6.07) is 0. The Bertz CT molecular complexity index is 833. The molecule has 1 amide bonds. The van der Waals surface area contributed by atoms with Gasteiger partial charge < -0.3 is 19.6 Å². The summed E-state index contributed by atoms with van der Waals surface area (Å²) >= 11 is 0. The van der Waals surface area contributed by atoms with Gasteiger partial charge in [-0.3, -0.25) is 4.79 Å². The summed E-state index contributed by atoms with van der Waals surface area (Å²) in [5.41, 5.74) is 0. The fourth-order valence-electron chi connectivity index (χ4n) is 8.77. The molecule has 0 aromatic rings. The van der Waals surface area contributed by atoms with Gasteiger partial charge in [-0.1, -0.05) is 226 Å². The molecule has 0 heterocycles. The molecule has 59 heavy (non-hydrogen) atoms. The number of carbonyl (C=O) groups excluding carboxylic acids is 1. The third-order valence-corrected chi connectivity index (χ3v) is 12.8. The number of carboxylic acid groups (broad SMARTS) is 1. The van der Waals surface area contributed by atoms with Gasteiger partial charge in [0.15, 0.2) is 0 Å². The summed E-state index contributed by atoms with van der Waals surface area (Å²) in [5.74, 6) is 0.426. The first-order valence-electron chi connectivity index (χ1n) is 26.8. The number of carbonyl (C=O) groups is 2. The zero-order valence-corrected chi connectivity index (χ0v) is 40.7. The minimum atomic E-state index is -1.11. The van der Waals surface area contributed by atoms with E-state index in [2.05, 4.69) is 37.6 Å². The monoisotopic (exact) mass is 835 g/mol. The van der Waals surface area contributed by atoms with Crippen LogP contribution in [0.5, 0.6) is 0 Å². The van der Waals surface area contributed by atoms with E-state index >= 15 is 0 Å². The zero-order chi connectivity index (χ0) is 43.1. The normalized spacial score (nSPS) is 12.1. The molecule has 0 fully saturated rings. The highest BCUT2D eigenvalue weighted by molar-refractivity contribution is 5.76. The van der Waals surface area contributed by atoms with Crippen LogP contribution in [-0.2, 0) is 9.53 Å². The molecule has 0 aromatic carbocycles. The fraction of sp³-hybridized carbons (Fsp3) is 0.962. The fourth-order valence-corrected chi connectivity index (χ4v) is 8.77. The van der Waals surface area contributed by atoms with Crippen molar-refractivity contribution in [2.75, 3.05) is 33.2 Å². The van der Waals surface area contributed by atoms with Gasteiger partial charge in [0, 0.05) is 19.5 Å². The average Bonchev–Trinajstić information content (AvgIpc) is 3.22. The van der Waals surface area contributed by atoms with Crippen LogP contribution in [-0.4, -0.2) is 66.3 Å². The van der Waals surface area contributed by atoms with E-state index in [0.717, 1.165) is 51.6 Å². The van der Waals surface area contributed by atoms with Gasteiger partial charge in [-0.15, -0.1) is 0 Å². The number of amides is 1. The highest BCUT2D eigenvalue weighted by atomic mass is 16.7. The topological polar surface area (TPSA) is 70.1 Å². The van der Waals surface area contributed by atoms with Crippen molar-refractivity contribution in [2.24, 2.45) is 0 Å². The third kappa shape index (κ3) is 44.6. The molecular weight excluding hydrogens is 729 g/mol. The number of hydrogen-bond donors (Lipinski definition) is 1. The molecule has 0 saturated heterocycles. The van der Waals surface area contributed by atoms with Crippen molar-refractivity contribution in [3.63, 3.8) is 0 Å². The quantitative estimate of drug-likeness (QED) is 0.0488. The van der Waals surface area contributed by atoms with E-state index in [1.54, 1.807) is 0 Å². The summed E-state index contributed by atoms with van der Waals surface area (Å²) in [6.07, 6.45) is 51.9. The molecule has 0 bridgehead atoms. The molecule has 0 radical (unpaired) electrons. The van der Waals surface area contributed by atoms with Crippen molar-refractivity contribution in [1.29, 1.82) is 0 Å². The first-order valence-corrected chi connectivity index (χ1v) is 26.8. The molecular formula is C53H106N2O4. The second-order valence-electron chi connectivity index (χ2n) is 18.7. The molecule has 352 valence electrons. The van der Waals surface area contributed by atoms with Gasteiger partial charge in [0.05, 0.1) is 0 Å². The first kappa shape index (κ1) is 57.7. The van der Waals surface area contributed by atoms with E-state index in [1.165, 1.54) is 244 Å². The Balaban J connectivity index is 3.81. The first-order chi connectivity index (χ1) is 28.9. The Labute approximate surface area is 369 Å². The lowest BCUT2D eigenvalue weighted by molar-refractivity contribution is -0.131. The van der Waals surface area contributed by atoms with Gasteiger partial charge in [0.1, 0.15) is 6.10 Å². The summed E-state index contributed by atoms with van der Waals surface area (Å²) in [5, 5.41) is 9.07. The van der Waals surface area contributed by atoms with Gasteiger partial charge in [-0.05, 0) is 77.9 Å². The lowest BCUT2D eigenvalue weighted by Crippen LogP contribution is -2.32. The maximum Gasteiger partial charge on any atom is 0.506 e. The largest absolute Gasteiger partial charge is 0.506 e. The predicted octanol–water partition coefficient (Wildman–Crippen LogP) is 17.3. The number of unbranched alkanes of at least 4 members (excludes halogenated alkanes) is 34. The van der Waals surface area contributed by atoms with Gasteiger partial charge in [-0.25, -0.2) is 4.79 Å². The van der Waals surface area contributed by atoms with Crippen LogP contribution < -0.4 is 0 Å². The van der Waals surface area contributed by atoms with E-state index in [4.69, 9.17) is 9.84 Å². The summed E-state index contributed by atoms with van der Waals surface area (Å²) < 4.78 is 5.16. The molecule has 0 aliphatic rings. The summed E-state index contributed by atoms with van der Waals surface area (Å²) in [4.78, 5) is 29.1. The molecule has 6 heteroatoms. The molecule has 1 N–H and O–H groups in total. The zero-order valence-electron chi connectivity index (χ0n) is 40.7. The van der Waals surface area contributed by atoms with Crippen molar-refractivity contribution >= 4 is 12.1 Å². The van der Waals surface area contributed by atoms with Crippen LogP contribution in [0.3, 0.4) is 0 Å². The van der Waals surface area contributed by atoms with Crippen molar-refractivity contribution in [2.45, 2.75) is 297 Å². The van der Waals surface area contributed by atoms with E-state index in [-0.39, 0.29) is 6.10 Å². The number of nitrogens with zero attached hydrogens (tertiary/aromatic N) is 2. The SMILES string of the molecule is CCCCCCCCCCN(CCCCCCCCCC)C(=O)CCCCCCCN(C)CCCCCCCCCCCCCCCC(CCCCCCC)OC(=O)O. The molecule has 0 rings (SSSR count). The average molecular weight is 835 g/mol. The van der Waals surface area contributed by atoms with Gasteiger partial charge >= 0.3 is 6.16 Å². The molecule has 0 aliphatic heterocycles. The second kappa shape index (κ2) is 47.7. The van der Waals surface area contributed by atoms with E-state index in [1.807, 2.05) is 0 Å². The second-order valence-corrected chi connectivity index (χ2v) is 18.7. The Morgan fingerprint density at radius 1 is 0.390 bits per heavy atom. The van der Waals surface area contributed by atoms with Crippen molar-refractivity contribution < 1.29 is 19.4 Å². The Kier molecular flexibility index (Phi) is 46.7. The molecule has 1 atom stereocenters. The highest BCUT2D eigenvalue weighted by Gasteiger charge is 2.14. The maximum atomic E-state index is 13.2. The standard InChI is InChI=1S/C53H106N2O4/c1-5-8-11-14-16-27-35-42-49-55(50-43-36-28-17-15-12-9-6-2)52(56)46-39-32-29-34-41-48-54(4)47-40-33-26-24-22-20-18-19-21-23-25-31-38-45-51(59-53(57)58)44-37-30-13-10-7-3/h51H,5-50H2,1-4H3,(H,57,58). The van der Waals surface area contributed by atoms with Crippen LogP contribution in [0.2, 0.25) is 0 Å². The molecule has 1 unspecified atom stereocenters. The number of rotatable bonds is 49. The Morgan fingerprint density at radius 2 is 0.661 bits per heavy atom. The number of hydrogen-bond acceptors (Lipinski definition) is 4. The van der Waals surface area contributed by atoms with Crippen LogP contribution in [0.1, 0.15) is 290 Å². The minimum absolute atomic E-state index is 0.106. The summed E-state index contributed by atoms with van der Waals surface area (Å²) in [7, 11) is 2.30. The van der Waals surface area contributed by atoms with Gasteiger partial charge in [0.25, 0.3) is 0 Å². The Morgan fingerprint density at radius 3 is 0.983 bits per heavy atom. The highest BCUT2D eigenvalue weighted by Crippen LogP contribution is 2.19. The third-order valence-electron chi connectivity index (χ3n) is 12.8. The van der Waals surface area contributed by atoms with Crippen molar-refractivity contribution in [1.82, 2.24) is 9.80 Å². The lowest BCUT2D eigenvalue weighted by atomic mass is 10.0. The van der Waals surface area contributed by atoms with Crippen LogP contribution in [0.4, 0.5) is 4.79 Å². The van der Waals surface area contributed by atoms with E-state index in [9.17, 15) is 9.59 Å². The minimum Gasteiger partial charge on any atom is -0.450 e. The summed E-state index contributed by atoms with van der Waals surface area (Å²) in [6.45, 7) is 11.2. The lowest BCUT2D eigenvalue weighted by Gasteiger charge is -2.23. The smallest absolute Gasteiger partial charge is 0.450 e.